The van der Waals surface area contributed by atoms with Crippen LogP contribution in [0.2, 0.25) is 0 Å². The standard InChI is InChI=1S/C17H30O3/c1-13(2)8-7-11-17(6,19)16(10-9-14(3)4)12-20-15(5)18/h8-9,16,19H,7,10-12H2,1-6H3. The molecule has 1 N–H and O–H groups in total. The van der Waals surface area contributed by atoms with Gasteiger partial charge in [0.2, 0.25) is 0 Å². The number of hydrogen-bond donors (Lipinski definition) is 1. The van der Waals surface area contributed by atoms with Gasteiger partial charge < -0.3 is 9.84 Å². The van der Waals surface area contributed by atoms with E-state index < -0.39 is 5.60 Å². The first-order chi connectivity index (χ1) is 9.15. The minimum absolute atomic E-state index is 0.0770. The van der Waals surface area contributed by atoms with Gasteiger partial charge in [0.1, 0.15) is 0 Å². The predicted molar refractivity (Wildman–Crippen MR) is 83.5 cm³/mol. The molecule has 3 heteroatoms. The summed E-state index contributed by atoms with van der Waals surface area (Å²) >= 11 is 0. The number of carbonyl (C=O) groups excluding carboxylic acids is 1. The van der Waals surface area contributed by atoms with Crippen molar-refractivity contribution in [2.24, 2.45) is 5.92 Å². The normalized spacial score (nSPS) is 14.9. The minimum atomic E-state index is -0.840. The lowest BCUT2D eigenvalue weighted by Gasteiger charge is -2.32. The van der Waals surface area contributed by atoms with E-state index in [0.29, 0.717) is 6.42 Å². The zero-order chi connectivity index (χ0) is 15.8. The van der Waals surface area contributed by atoms with Gasteiger partial charge in [-0.2, -0.15) is 0 Å². The molecule has 0 aliphatic heterocycles. The van der Waals surface area contributed by atoms with Gasteiger partial charge in [0.05, 0.1) is 12.2 Å². The Bertz CT molecular complexity index is 356. The van der Waals surface area contributed by atoms with Crippen molar-refractivity contribution < 1.29 is 14.6 Å². The van der Waals surface area contributed by atoms with Crippen LogP contribution in [0, 0.1) is 5.92 Å². The van der Waals surface area contributed by atoms with Crippen LogP contribution in [-0.2, 0) is 9.53 Å². The van der Waals surface area contributed by atoms with Gasteiger partial charge >= 0.3 is 5.97 Å². The zero-order valence-electron chi connectivity index (χ0n) is 13.8. The van der Waals surface area contributed by atoms with Crippen molar-refractivity contribution >= 4 is 5.97 Å². The van der Waals surface area contributed by atoms with E-state index in [1.54, 1.807) is 0 Å². The van der Waals surface area contributed by atoms with E-state index in [1.165, 1.54) is 18.1 Å². The van der Waals surface area contributed by atoms with Gasteiger partial charge in [-0.15, -0.1) is 0 Å². The third-order valence-electron chi connectivity index (χ3n) is 3.38. The number of hydrogen-bond acceptors (Lipinski definition) is 3. The summed E-state index contributed by atoms with van der Waals surface area (Å²) < 4.78 is 5.11. The molecule has 0 aromatic heterocycles. The largest absolute Gasteiger partial charge is 0.465 e. The molecule has 0 rings (SSSR count). The van der Waals surface area contributed by atoms with Gasteiger partial charge in [-0.25, -0.2) is 0 Å². The Morgan fingerprint density at radius 1 is 1.15 bits per heavy atom. The van der Waals surface area contributed by atoms with E-state index >= 15 is 0 Å². The molecule has 2 atom stereocenters. The number of aliphatic hydroxyl groups is 1. The second-order valence-electron chi connectivity index (χ2n) is 6.19. The summed E-state index contributed by atoms with van der Waals surface area (Å²) in [5.74, 6) is -0.376. The molecule has 20 heavy (non-hydrogen) atoms. The van der Waals surface area contributed by atoms with Gasteiger partial charge in [-0.3, -0.25) is 4.79 Å². The summed E-state index contributed by atoms with van der Waals surface area (Å²) in [6.45, 7) is 11.7. The fourth-order valence-corrected chi connectivity index (χ4v) is 1.95. The molecule has 3 nitrogen and oxygen atoms in total. The highest BCUT2D eigenvalue weighted by Crippen LogP contribution is 2.27. The van der Waals surface area contributed by atoms with Crippen molar-refractivity contribution in [1.29, 1.82) is 0 Å². The van der Waals surface area contributed by atoms with Crippen LogP contribution in [0.5, 0.6) is 0 Å². The third kappa shape index (κ3) is 8.92. The molecule has 0 aromatic rings. The van der Waals surface area contributed by atoms with Crippen LogP contribution < -0.4 is 0 Å². The molecule has 0 bridgehead atoms. The van der Waals surface area contributed by atoms with Crippen LogP contribution in [0.25, 0.3) is 0 Å². The molecule has 116 valence electrons. The summed E-state index contributed by atoms with van der Waals surface area (Å²) in [6, 6.07) is 0. The van der Waals surface area contributed by atoms with E-state index in [2.05, 4.69) is 12.2 Å². The van der Waals surface area contributed by atoms with Crippen molar-refractivity contribution in [3.63, 3.8) is 0 Å². The average Bonchev–Trinajstić information content (AvgIpc) is 2.26. The molecular weight excluding hydrogens is 252 g/mol. The fourth-order valence-electron chi connectivity index (χ4n) is 1.95. The highest BCUT2D eigenvalue weighted by Gasteiger charge is 2.31. The summed E-state index contributed by atoms with van der Waals surface area (Å²) in [5, 5.41) is 10.7. The van der Waals surface area contributed by atoms with Crippen LogP contribution in [-0.4, -0.2) is 23.3 Å². The van der Waals surface area contributed by atoms with Crippen molar-refractivity contribution in [3.05, 3.63) is 23.3 Å². The maximum Gasteiger partial charge on any atom is 0.302 e. The second kappa shape index (κ2) is 8.96. The van der Waals surface area contributed by atoms with Crippen LogP contribution >= 0.6 is 0 Å². The van der Waals surface area contributed by atoms with E-state index in [0.717, 1.165) is 12.8 Å². The Kier molecular flexibility index (Phi) is 8.47. The quantitative estimate of drug-likeness (QED) is 0.540. The molecule has 0 heterocycles. The lowest BCUT2D eigenvalue weighted by atomic mass is 9.83. The molecule has 0 aliphatic carbocycles. The Morgan fingerprint density at radius 2 is 1.70 bits per heavy atom. The maximum atomic E-state index is 11.0. The van der Waals surface area contributed by atoms with Gasteiger partial charge in [0.25, 0.3) is 0 Å². The molecule has 0 fully saturated rings. The zero-order valence-corrected chi connectivity index (χ0v) is 13.8. The predicted octanol–water partition coefficient (Wildman–Crippen LogP) is 4.02. The van der Waals surface area contributed by atoms with Gasteiger partial charge in [0.15, 0.2) is 0 Å². The lowest BCUT2D eigenvalue weighted by Crippen LogP contribution is -2.37. The summed E-state index contributed by atoms with van der Waals surface area (Å²) in [4.78, 5) is 11.0. The van der Waals surface area contributed by atoms with Crippen molar-refractivity contribution in [1.82, 2.24) is 0 Å². The van der Waals surface area contributed by atoms with Crippen LogP contribution in [0.15, 0.2) is 23.3 Å². The molecular formula is C17H30O3. The minimum Gasteiger partial charge on any atom is -0.465 e. The SMILES string of the molecule is CC(=O)OCC(CC=C(C)C)C(C)(O)CCC=C(C)C. The van der Waals surface area contributed by atoms with E-state index in [1.807, 2.05) is 34.6 Å². The van der Waals surface area contributed by atoms with Crippen molar-refractivity contribution in [2.45, 2.75) is 66.4 Å². The van der Waals surface area contributed by atoms with Gasteiger partial charge in [0, 0.05) is 12.8 Å². The Hall–Kier alpha value is -1.09. The van der Waals surface area contributed by atoms with E-state index in [-0.39, 0.29) is 18.5 Å². The molecule has 0 radical (unpaired) electrons. The molecule has 0 aromatic carbocycles. The highest BCUT2D eigenvalue weighted by molar-refractivity contribution is 5.65. The smallest absolute Gasteiger partial charge is 0.302 e. The molecule has 0 spiro atoms. The number of carbonyl (C=O) groups is 1. The van der Waals surface area contributed by atoms with Crippen LogP contribution in [0.1, 0.15) is 60.8 Å². The van der Waals surface area contributed by atoms with E-state index in [9.17, 15) is 9.90 Å². The first-order valence-electron chi connectivity index (χ1n) is 7.27. The van der Waals surface area contributed by atoms with Crippen LogP contribution in [0.3, 0.4) is 0 Å². The monoisotopic (exact) mass is 282 g/mol. The van der Waals surface area contributed by atoms with Gasteiger partial charge in [-0.1, -0.05) is 23.3 Å². The third-order valence-corrected chi connectivity index (χ3v) is 3.38. The summed E-state index contributed by atoms with van der Waals surface area (Å²) in [5.41, 5.74) is 1.62. The van der Waals surface area contributed by atoms with Crippen molar-refractivity contribution in [3.8, 4) is 0 Å². The molecule has 0 amide bonds. The Balaban J connectivity index is 4.72. The second-order valence-corrected chi connectivity index (χ2v) is 6.19. The highest BCUT2D eigenvalue weighted by atomic mass is 16.5. The first kappa shape index (κ1) is 18.9. The molecule has 0 saturated carbocycles. The summed E-state index contributed by atoms with van der Waals surface area (Å²) in [7, 11) is 0. The topological polar surface area (TPSA) is 46.5 Å². The first-order valence-corrected chi connectivity index (χ1v) is 7.27. The van der Waals surface area contributed by atoms with E-state index in [4.69, 9.17) is 4.74 Å². The maximum absolute atomic E-state index is 11.0. The van der Waals surface area contributed by atoms with Crippen molar-refractivity contribution in [2.75, 3.05) is 6.61 Å². The summed E-state index contributed by atoms with van der Waals surface area (Å²) in [6.07, 6.45) is 6.43. The molecule has 2 unspecified atom stereocenters. The molecule has 0 aliphatic rings. The number of ether oxygens (including phenoxy) is 1. The Labute approximate surface area is 123 Å². The number of rotatable bonds is 8. The number of esters is 1. The van der Waals surface area contributed by atoms with Crippen LogP contribution in [0.4, 0.5) is 0 Å². The van der Waals surface area contributed by atoms with Gasteiger partial charge in [-0.05, 0) is 53.9 Å². The fraction of sp³-hybridized carbons (Fsp3) is 0.706. The lowest BCUT2D eigenvalue weighted by molar-refractivity contribution is -0.145. The average molecular weight is 282 g/mol. The molecule has 0 saturated heterocycles. The Morgan fingerprint density at radius 3 is 2.15 bits per heavy atom. The number of allylic oxidation sites excluding steroid dienone is 4.